The van der Waals surface area contributed by atoms with Crippen LogP contribution in [0.3, 0.4) is 0 Å². The third kappa shape index (κ3) is 2.52. The summed E-state index contributed by atoms with van der Waals surface area (Å²) in [6, 6.07) is 0. The van der Waals surface area contributed by atoms with Crippen LogP contribution in [0.25, 0.3) is 0 Å². The molecule has 1 N–H and O–H groups in total. The van der Waals surface area contributed by atoms with E-state index < -0.39 is 18.8 Å². The molecule has 0 spiro atoms. The van der Waals surface area contributed by atoms with Gasteiger partial charge in [0.25, 0.3) is 0 Å². The summed E-state index contributed by atoms with van der Waals surface area (Å²) in [5.74, 6) is 0.241. The van der Waals surface area contributed by atoms with E-state index >= 15 is 0 Å². The second-order valence-corrected chi connectivity index (χ2v) is 4.93. The Balaban J connectivity index is 2.17. The summed E-state index contributed by atoms with van der Waals surface area (Å²) >= 11 is 0. The van der Waals surface area contributed by atoms with Gasteiger partial charge in [-0.15, -0.1) is 0 Å². The molecule has 0 aliphatic carbocycles. The van der Waals surface area contributed by atoms with Crippen molar-refractivity contribution in [2.75, 3.05) is 6.61 Å². The molecule has 0 amide bonds. The summed E-state index contributed by atoms with van der Waals surface area (Å²) in [6.07, 6.45) is 0.432. The molecule has 2 atom stereocenters. The van der Waals surface area contributed by atoms with Gasteiger partial charge < -0.3 is 15.0 Å². The van der Waals surface area contributed by atoms with Crippen molar-refractivity contribution in [2.24, 2.45) is 0 Å². The van der Waals surface area contributed by atoms with Crippen molar-refractivity contribution in [3.63, 3.8) is 0 Å². The average molecular weight is 263 g/mol. The molecule has 0 bridgehead atoms. The Hall–Kier alpha value is -1.28. The maximum absolute atomic E-state index is 11.0. The highest BCUT2D eigenvalue weighted by molar-refractivity contribution is 7.47. The lowest BCUT2D eigenvalue weighted by Gasteiger charge is -2.07. The molecule has 0 aromatic carbocycles. The van der Waals surface area contributed by atoms with Gasteiger partial charge in [0.2, 0.25) is 0 Å². The molecule has 9 nitrogen and oxygen atoms in total. The Morgan fingerprint density at radius 1 is 1.82 bits per heavy atom. The lowest BCUT2D eigenvalue weighted by Crippen LogP contribution is -2.19. The van der Waals surface area contributed by atoms with E-state index in [4.69, 9.17) is 9.42 Å². The van der Waals surface area contributed by atoms with Crippen LogP contribution in [0.1, 0.15) is 5.82 Å². The zero-order chi connectivity index (χ0) is 12.6. The van der Waals surface area contributed by atoms with E-state index in [2.05, 4.69) is 9.51 Å². The second kappa shape index (κ2) is 4.19. The number of nitro groups is 1. The normalized spacial score (nSPS) is 28.5. The quantitative estimate of drug-likeness (QED) is 0.482. The smallest absolute Gasteiger partial charge is 0.358 e. The molecule has 17 heavy (non-hydrogen) atoms. The second-order valence-electron chi connectivity index (χ2n) is 3.52. The van der Waals surface area contributed by atoms with E-state index in [1.54, 1.807) is 6.92 Å². The van der Waals surface area contributed by atoms with Gasteiger partial charge in [0.15, 0.2) is 5.82 Å². The van der Waals surface area contributed by atoms with Crippen molar-refractivity contribution in [3.05, 3.63) is 22.1 Å². The van der Waals surface area contributed by atoms with Crippen LogP contribution in [-0.2, 0) is 20.2 Å². The van der Waals surface area contributed by atoms with Crippen LogP contribution >= 0.6 is 7.82 Å². The standard InChI is InChI=1S/C7H10N3O6P/c1-5-8-2-7(10(11)12)9(5)3-6-4-15-17(13,14)16-6/h2,6H,3-4H2,1H3,(H,13,14)/t6-/m0/s1. The van der Waals surface area contributed by atoms with Crippen molar-refractivity contribution < 1.29 is 23.4 Å². The van der Waals surface area contributed by atoms with Crippen molar-refractivity contribution >= 4 is 13.6 Å². The van der Waals surface area contributed by atoms with Gasteiger partial charge in [-0.25, -0.2) is 14.1 Å². The van der Waals surface area contributed by atoms with Crippen LogP contribution in [0.4, 0.5) is 5.82 Å². The van der Waals surface area contributed by atoms with Crippen molar-refractivity contribution in [2.45, 2.75) is 19.6 Å². The fourth-order valence-corrected chi connectivity index (χ4v) is 2.46. The maximum atomic E-state index is 11.0. The molecule has 1 saturated heterocycles. The Labute approximate surface area is 95.7 Å². The summed E-state index contributed by atoms with van der Waals surface area (Å²) in [5.41, 5.74) is 0. The van der Waals surface area contributed by atoms with Gasteiger partial charge in [-0.3, -0.25) is 9.05 Å². The minimum absolute atomic E-state index is 0.0483. The Kier molecular flexibility index (Phi) is 3.00. The number of imidazole rings is 1. The number of phosphoric ester groups is 1. The molecule has 10 heteroatoms. The van der Waals surface area contributed by atoms with Crippen molar-refractivity contribution in [3.8, 4) is 0 Å². The molecular weight excluding hydrogens is 253 g/mol. The first-order valence-electron chi connectivity index (χ1n) is 4.71. The van der Waals surface area contributed by atoms with Gasteiger partial charge in [-0.2, -0.15) is 0 Å². The van der Waals surface area contributed by atoms with Crippen LogP contribution in [0, 0.1) is 17.0 Å². The van der Waals surface area contributed by atoms with Crippen LogP contribution in [-0.4, -0.2) is 32.1 Å². The third-order valence-electron chi connectivity index (χ3n) is 2.31. The van der Waals surface area contributed by atoms with Gasteiger partial charge in [-0.05, 0) is 4.92 Å². The molecule has 1 unspecified atom stereocenters. The number of nitrogens with zero attached hydrogens (tertiary/aromatic N) is 3. The molecule has 2 heterocycles. The van der Waals surface area contributed by atoms with Gasteiger partial charge >= 0.3 is 13.6 Å². The topological polar surface area (TPSA) is 117 Å². The molecule has 1 fully saturated rings. The molecule has 1 aromatic rings. The van der Waals surface area contributed by atoms with Crippen LogP contribution in [0.2, 0.25) is 0 Å². The van der Waals surface area contributed by atoms with Gasteiger partial charge in [0, 0.05) is 6.92 Å². The average Bonchev–Trinajstić information content (AvgIpc) is 2.72. The molecule has 1 aliphatic heterocycles. The van der Waals surface area contributed by atoms with E-state index in [1.807, 2.05) is 0 Å². The first kappa shape index (κ1) is 12.2. The van der Waals surface area contributed by atoms with E-state index in [0.29, 0.717) is 5.82 Å². The van der Waals surface area contributed by atoms with E-state index in [-0.39, 0.29) is 19.0 Å². The maximum Gasteiger partial charge on any atom is 0.472 e. The fraction of sp³-hybridized carbons (Fsp3) is 0.571. The first-order chi connectivity index (χ1) is 7.89. The zero-order valence-electron chi connectivity index (χ0n) is 8.85. The molecule has 1 aromatic heterocycles. The van der Waals surface area contributed by atoms with E-state index in [9.17, 15) is 14.7 Å². The van der Waals surface area contributed by atoms with Crippen LogP contribution in [0.5, 0.6) is 0 Å². The van der Waals surface area contributed by atoms with Crippen molar-refractivity contribution in [1.29, 1.82) is 0 Å². The summed E-state index contributed by atoms with van der Waals surface area (Å²) < 4.78 is 21.6. The predicted octanol–water partition coefficient (Wildman–Crippen LogP) is 0.616. The molecule has 1 aliphatic rings. The molecule has 0 radical (unpaired) electrons. The molecule has 0 saturated carbocycles. The van der Waals surface area contributed by atoms with E-state index in [1.165, 1.54) is 4.57 Å². The summed E-state index contributed by atoms with van der Waals surface area (Å²) in [5, 5.41) is 10.7. The molecule has 94 valence electrons. The zero-order valence-corrected chi connectivity index (χ0v) is 9.74. The molecular formula is C7H10N3O6P. The summed E-state index contributed by atoms with van der Waals surface area (Å²) in [7, 11) is -3.98. The van der Waals surface area contributed by atoms with E-state index in [0.717, 1.165) is 6.20 Å². The highest BCUT2D eigenvalue weighted by atomic mass is 31.2. The number of hydrogen-bond donors (Lipinski definition) is 1. The highest BCUT2D eigenvalue weighted by Crippen LogP contribution is 2.49. The predicted molar refractivity (Wildman–Crippen MR) is 54.3 cm³/mol. The SMILES string of the molecule is Cc1ncc([N+](=O)[O-])n1C[C@H]1COP(=O)(O)O1. The lowest BCUT2D eigenvalue weighted by atomic mass is 10.3. The Morgan fingerprint density at radius 2 is 2.53 bits per heavy atom. The number of aryl methyl sites for hydroxylation is 1. The number of rotatable bonds is 3. The van der Waals surface area contributed by atoms with Crippen molar-refractivity contribution in [1.82, 2.24) is 9.55 Å². The fourth-order valence-electron chi connectivity index (χ4n) is 1.54. The van der Waals surface area contributed by atoms with Crippen LogP contribution in [0.15, 0.2) is 6.20 Å². The Bertz CT molecular complexity index is 500. The minimum Gasteiger partial charge on any atom is -0.358 e. The molecule has 2 rings (SSSR count). The van der Waals surface area contributed by atoms with Gasteiger partial charge in [0.1, 0.15) is 18.8 Å². The largest absolute Gasteiger partial charge is 0.472 e. The summed E-state index contributed by atoms with van der Waals surface area (Å²) in [4.78, 5) is 22.9. The minimum atomic E-state index is -3.98. The monoisotopic (exact) mass is 263 g/mol. The highest BCUT2D eigenvalue weighted by Gasteiger charge is 2.37. The van der Waals surface area contributed by atoms with Gasteiger partial charge in [0.05, 0.1) is 6.61 Å². The summed E-state index contributed by atoms with van der Waals surface area (Å²) in [6.45, 7) is 1.57. The number of aromatic nitrogens is 2. The van der Waals surface area contributed by atoms with Crippen LogP contribution < -0.4 is 0 Å². The first-order valence-corrected chi connectivity index (χ1v) is 6.21. The van der Waals surface area contributed by atoms with Gasteiger partial charge in [-0.1, -0.05) is 0 Å². The lowest BCUT2D eigenvalue weighted by molar-refractivity contribution is -0.392. The Morgan fingerprint density at radius 3 is 3.06 bits per heavy atom. The number of phosphoric acid groups is 1. The third-order valence-corrected chi connectivity index (χ3v) is 3.35. The number of hydrogen-bond acceptors (Lipinski definition) is 6.